The fourth-order valence-electron chi connectivity index (χ4n) is 2.98. The molecule has 0 spiro atoms. The molecule has 2 aromatic heterocycles. The Kier molecular flexibility index (Phi) is 3.46. The van der Waals surface area contributed by atoms with Crippen molar-refractivity contribution in [2.24, 2.45) is 0 Å². The molecule has 2 fully saturated rings. The second-order valence-electron chi connectivity index (χ2n) is 6.16. The van der Waals surface area contributed by atoms with Crippen LogP contribution in [0.1, 0.15) is 54.8 Å². The van der Waals surface area contributed by atoms with E-state index >= 15 is 0 Å². The summed E-state index contributed by atoms with van der Waals surface area (Å²) in [6.45, 7) is 6.25. The van der Waals surface area contributed by atoms with E-state index in [0.29, 0.717) is 18.4 Å². The first kappa shape index (κ1) is 13.9. The second kappa shape index (κ2) is 5.48. The second-order valence-corrected chi connectivity index (χ2v) is 6.16. The third-order valence-corrected chi connectivity index (χ3v) is 4.47. The highest BCUT2D eigenvalue weighted by Gasteiger charge is 2.37. The molecule has 1 saturated carbocycles. The van der Waals surface area contributed by atoms with Crippen molar-refractivity contribution in [1.82, 2.24) is 20.2 Å². The highest BCUT2D eigenvalue weighted by atomic mass is 16.5. The van der Waals surface area contributed by atoms with Crippen molar-refractivity contribution in [3.8, 4) is 0 Å². The number of nitrogens with zero attached hydrogens (tertiary/aromatic N) is 4. The molecular weight excluding hydrogens is 284 g/mol. The van der Waals surface area contributed by atoms with Crippen LogP contribution in [0, 0.1) is 6.92 Å². The zero-order chi connectivity index (χ0) is 15.1. The standard InChI is InChI=1S/C15H20N4O3/c1-9-12(7-16-21-9)8-19-5-6-20-10(2)13(19)15-17-14(18-22-15)11-3-4-11/h7,10-11,13H,3-6,8H2,1-2H3/t10-,13+/m1/s1. The molecule has 22 heavy (non-hydrogen) atoms. The number of ether oxygens (including phenoxy) is 1. The predicted octanol–water partition coefficient (Wildman–Crippen LogP) is 2.21. The molecule has 7 heteroatoms. The van der Waals surface area contributed by atoms with Crippen molar-refractivity contribution >= 4 is 0 Å². The van der Waals surface area contributed by atoms with Gasteiger partial charge in [0.2, 0.25) is 5.89 Å². The van der Waals surface area contributed by atoms with Gasteiger partial charge in [-0.2, -0.15) is 4.98 Å². The summed E-state index contributed by atoms with van der Waals surface area (Å²) in [4.78, 5) is 6.91. The predicted molar refractivity (Wildman–Crippen MR) is 76.1 cm³/mol. The number of hydrogen-bond acceptors (Lipinski definition) is 7. The third kappa shape index (κ3) is 2.55. The molecular formula is C15H20N4O3. The van der Waals surface area contributed by atoms with Crippen LogP contribution < -0.4 is 0 Å². The van der Waals surface area contributed by atoms with Gasteiger partial charge in [0.15, 0.2) is 5.82 Å². The van der Waals surface area contributed by atoms with Gasteiger partial charge in [-0.25, -0.2) is 0 Å². The van der Waals surface area contributed by atoms with E-state index in [1.807, 2.05) is 6.92 Å². The van der Waals surface area contributed by atoms with Crippen LogP contribution >= 0.6 is 0 Å². The van der Waals surface area contributed by atoms with Crippen LogP contribution in [0.4, 0.5) is 0 Å². The van der Waals surface area contributed by atoms with Crippen molar-refractivity contribution in [3.63, 3.8) is 0 Å². The van der Waals surface area contributed by atoms with E-state index in [-0.39, 0.29) is 12.1 Å². The smallest absolute Gasteiger partial charge is 0.246 e. The highest BCUT2D eigenvalue weighted by Crippen LogP contribution is 2.39. The summed E-state index contributed by atoms with van der Waals surface area (Å²) in [5.41, 5.74) is 1.08. The molecule has 2 aromatic rings. The maximum absolute atomic E-state index is 5.80. The molecule has 0 radical (unpaired) electrons. The van der Waals surface area contributed by atoms with E-state index in [0.717, 1.165) is 30.2 Å². The Hall–Kier alpha value is -1.73. The van der Waals surface area contributed by atoms with Gasteiger partial charge in [-0.1, -0.05) is 10.3 Å². The van der Waals surface area contributed by atoms with Gasteiger partial charge in [0.25, 0.3) is 0 Å². The minimum Gasteiger partial charge on any atom is -0.375 e. The lowest BCUT2D eigenvalue weighted by Crippen LogP contribution is -2.43. The first-order valence-corrected chi connectivity index (χ1v) is 7.81. The Bertz CT molecular complexity index is 649. The summed E-state index contributed by atoms with van der Waals surface area (Å²) in [5, 5.41) is 7.99. The summed E-state index contributed by atoms with van der Waals surface area (Å²) >= 11 is 0. The summed E-state index contributed by atoms with van der Waals surface area (Å²) in [5.74, 6) is 2.84. The SMILES string of the molecule is Cc1oncc1CN1CCO[C@H](C)[C@H]1c1nc(C2CC2)no1. The number of morpholine rings is 1. The Balaban J connectivity index is 1.58. The molecule has 0 unspecified atom stereocenters. The first-order chi connectivity index (χ1) is 10.7. The topological polar surface area (TPSA) is 77.4 Å². The molecule has 2 atom stereocenters. The minimum absolute atomic E-state index is 0.0152. The fraction of sp³-hybridized carbons (Fsp3) is 0.667. The third-order valence-electron chi connectivity index (χ3n) is 4.47. The van der Waals surface area contributed by atoms with Gasteiger partial charge >= 0.3 is 0 Å². The van der Waals surface area contributed by atoms with Crippen LogP contribution in [0.15, 0.2) is 15.2 Å². The lowest BCUT2D eigenvalue weighted by molar-refractivity contribution is -0.0764. The van der Waals surface area contributed by atoms with Crippen LogP contribution in [0.5, 0.6) is 0 Å². The van der Waals surface area contributed by atoms with Gasteiger partial charge in [-0.15, -0.1) is 0 Å². The quantitative estimate of drug-likeness (QED) is 0.857. The van der Waals surface area contributed by atoms with Gasteiger partial charge in [0.1, 0.15) is 11.8 Å². The molecule has 0 amide bonds. The van der Waals surface area contributed by atoms with Gasteiger partial charge in [0.05, 0.1) is 18.9 Å². The largest absolute Gasteiger partial charge is 0.375 e. The molecule has 118 valence electrons. The summed E-state index contributed by atoms with van der Waals surface area (Å²) in [7, 11) is 0. The van der Waals surface area contributed by atoms with E-state index in [4.69, 9.17) is 13.8 Å². The number of hydrogen-bond donors (Lipinski definition) is 0. The maximum atomic E-state index is 5.80. The normalized spacial score (nSPS) is 26.5. The van der Waals surface area contributed by atoms with E-state index in [2.05, 4.69) is 27.1 Å². The maximum Gasteiger partial charge on any atom is 0.246 e. The van der Waals surface area contributed by atoms with Crippen molar-refractivity contribution in [2.75, 3.05) is 13.2 Å². The summed E-state index contributed by atoms with van der Waals surface area (Å²) < 4.78 is 16.5. The molecule has 0 N–H and O–H groups in total. The fourth-order valence-corrected chi connectivity index (χ4v) is 2.98. The lowest BCUT2D eigenvalue weighted by atomic mass is 10.1. The highest BCUT2D eigenvalue weighted by molar-refractivity contribution is 5.13. The van der Waals surface area contributed by atoms with Crippen molar-refractivity contribution in [3.05, 3.63) is 29.2 Å². The number of aryl methyl sites for hydroxylation is 1. The van der Waals surface area contributed by atoms with Crippen molar-refractivity contribution in [2.45, 2.75) is 51.3 Å². The van der Waals surface area contributed by atoms with Crippen LogP contribution in [0.2, 0.25) is 0 Å². The molecule has 7 nitrogen and oxygen atoms in total. The van der Waals surface area contributed by atoms with Crippen LogP contribution in [0.3, 0.4) is 0 Å². The Morgan fingerprint density at radius 2 is 2.18 bits per heavy atom. The molecule has 1 aliphatic carbocycles. The van der Waals surface area contributed by atoms with E-state index in [1.54, 1.807) is 6.20 Å². The summed E-state index contributed by atoms with van der Waals surface area (Å²) in [6, 6.07) is -0.0250. The first-order valence-electron chi connectivity index (χ1n) is 7.81. The molecule has 4 rings (SSSR count). The monoisotopic (exact) mass is 304 g/mol. The van der Waals surface area contributed by atoms with Crippen LogP contribution in [-0.2, 0) is 11.3 Å². The average Bonchev–Trinajstić information content (AvgIpc) is 3.11. The molecule has 3 heterocycles. The molecule has 0 aromatic carbocycles. The number of aromatic nitrogens is 3. The van der Waals surface area contributed by atoms with Crippen molar-refractivity contribution < 1.29 is 13.8 Å². The molecule has 1 aliphatic heterocycles. The van der Waals surface area contributed by atoms with E-state index < -0.39 is 0 Å². The average molecular weight is 304 g/mol. The van der Waals surface area contributed by atoms with E-state index in [9.17, 15) is 0 Å². The lowest BCUT2D eigenvalue weighted by Gasteiger charge is -2.37. The summed E-state index contributed by atoms with van der Waals surface area (Å²) in [6.07, 6.45) is 4.12. The molecule has 2 aliphatic rings. The number of rotatable bonds is 4. The van der Waals surface area contributed by atoms with Crippen LogP contribution in [-0.4, -0.2) is 39.5 Å². The van der Waals surface area contributed by atoms with Crippen molar-refractivity contribution in [1.29, 1.82) is 0 Å². The Morgan fingerprint density at radius 3 is 2.91 bits per heavy atom. The molecule has 0 bridgehead atoms. The van der Waals surface area contributed by atoms with Gasteiger partial charge in [-0.05, 0) is 26.7 Å². The van der Waals surface area contributed by atoms with Gasteiger partial charge < -0.3 is 13.8 Å². The van der Waals surface area contributed by atoms with Gasteiger partial charge in [0, 0.05) is 24.6 Å². The van der Waals surface area contributed by atoms with E-state index in [1.165, 1.54) is 12.8 Å². The zero-order valence-corrected chi connectivity index (χ0v) is 12.9. The minimum atomic E-state index is -0.0250. The Labute approximate surface area is 128 Å². The zero-order valence-electron chi connectivity index (χ0n) is 12.9. The van der Waals surface area contributed by atoms with Crippen LogP contribution in [0.25, 0.3) is 0 Å². The molecule has 1 saturated heterocycles. The Morgan fingerprint density at radius 1 is 1.32 bits per heavy atom. The van der Waals surface area contributed by atoms with Gasteiger partial charge in [-0.3, -0.25) is 4.90 Å².